The van der Waals surface area contributed by atoms with Crippen LogP contribution in [0.4, 0.5) is 0 Å². The Morgan fingerprint density at radius 1 is 1.33 bits per heavy atom. The van der Waals surface area contributed by atoms with E-state index in [2.05, 4.69) is 15.9 Å². The van der Waals surface area contributed by atoms with E-state index >= 15 is 0 Å². The lowest BCUT2D eigenvalue weighted by atomic mass is 10.0. The Labute approximate surface area is 115 Å². The average molecular weight is 317 g/mol. The van der Waals surface area contributed by atoms with Gasteiger partial charge in [-0.15, -0.1) is 0 Å². The maximum atomic E-state index is 10.5. The monoisotopic (exact) mass is 316 g/mol. The minimum atomic E-state index is -0.785. The molecule has 0 saturated heterocycles. The molecule has 4 nitrogen and oxygen atoms in total. The molecule has 1 aromatic rings. The van der Waals surface area contributed by atoms with Crippen LogP contribution >= 0.6 is 15.9 Å². The zero-order valence-electron chi connectivity index (χ0n) is 10.7. The van der Waals surface area contributed by atoms with Crippen molar-refractivity contribution >= 4 is 21.9 Å². The lowest BCUT2D eigenvalue weighted by molar-refractivity contribution is -0.137. The highest BCUT2D eigenvalue weighted by atomic mass is 79.9. The van der Waals surface area contributed by atoms with Crippen molar-refractivity contribution in [2.45, 2.75) is 26.2 Å². The first-order chi connectivity index (χ1) is 8.51. The number of hydrogen-bond donors (Lipinski definition) is 1. The molecule has 0 fully saturated rings. The SMILES string of the molecule is COc1c(CCCC(=O)O)cc(Br)c(C)c1OC. The van der Waals surface area contributed by atoms with Crippen LogP contribution in [-0.4, -0.2) is 25.3 Å². The number of methoxy groups -OCH3 is 2. The number of carboxylic acid groups (broad SMARTS) is 1. The van der Waals surface area contributed by atoms with E-state index in [1.165, 1.54) is 0 Å². The van der Waals surface area contributed by atoms with Crippen LogP contribution in [0, 0.1) is 6.92 Å². The summed E-state index contributed by atoms with van der Waals surface area (Å²) in [5.41, 5.74) is 1.92. The summed E-state index contributed by atoms with van der Waals surface area (Å²) < 4.78 is 11.6. The number of benzene rings is 1. The number of halogens is 1. The maximum Gasteiger partial charge on any atom is 0.303 e. The van der Waals surface area contributed by atoms with Gasteiger partial charge in [0.2, 0.25) is 0 Å². The van der Waals surface area contributed by atoms with Crippen molar-refractivity contribution in [3.8, 4) is 11.5 Å². The molecule has 0 aliphatic carbocycles. The predicted octanol–water partition coefficient (Wildman–Crippen LogP) is 3.18. The van der Waals surface area contributed by atoms with E-state index in [4.69, 9.17) is 14.6 Å². The van der Waals surface area contributed by atoms with E-state index < -0.39 is 5.97 Å². The second-order valence-corrected chi connectivity index (χ2v) is 4.81. The fourth-order valence-electron chi connectivity index (χ4n) is 1.84. The molecule has 100 valence electrons. The zero-order valence-corrected chi connectivity index (χ0v) is 12.3. The third-order valence-electron chi connectivity index (χ3n) is 2.74. The summed E-state index contributed by atoms with van der Waals surface area (Å²) in [6.07, 6.45) is 1.37. The van der Waals surface area contributed by atoms with Gasteiger partial charge in [-0.1, -0.05) is 15.9 Å². The highest BCUT2D eigenvalue weighted by Crippen LogP contribution is 2.39. The number of carbonyl (C=O) groups is 1. The van der Waals surface area contributed by atoms with E-state index in [1.807, 2.05) is 13.0 Å². The second kappa shape index (κ2) is 6.64. The first-order valence-corrected chi connectivity index (χ1v) is 6.42. The number of aryl methyl sites for hydroxylation is 1. The van der Waals surface area contributed by atoms with Crippen LogP contribution in [0.1, 0.15) is 24.0 Å². The van der Waals surface area contributed by atoms with E-state index in [9.17, 15) is 4.79 Å². The fraction of sp³-hybridized carbons (Fsp3) is 0.462. The minimum Gasteiger partial charge on any atom is -0.493 e. The largest absolute Gasteiger partial charge is 0.493 e. The molecule has 0 amide bonds. The summed E-state index contributed by atoms with van der Waals surface area (Å²) >= 11 is 3.47. The first-order valence-electron chi connectivity index (χ1n) is 5.63. The van der Waals surface area contributed by atoms with Crippen molar-refractivity contribution in [2.24, 2.45) is 0 Å². The lowest BCUT2D eigenvalue weighted by Crippen LogP contribution is -2.01. The maximum absolute atomic E-state index is 10.5. The lowest BCUT2D eigenvalue weighted by Gasteiger charge is -2.16. The van der Waals surface area contributed by atoms with Crippen LogP contribution < -0.4 is 9.47 Å². The molecule has 1 aromatic carbocycles. The van der Waals surface area contributed by atoms with Crippen molar-refractivity contribution in [1.29, 1.82) is 0 Å². The predicted molar refractivity (Wildman–Crippen MR) is 72.6 cm³/mol. The standard InChI is InChI=1S/C13H17BrO4/c1-8-10(14)7-9(5-4-6-11(15)16)13(18-3)12(8)17-2/h7H,4-6H2,1-3H3,(H,15,16). The molecular formula is C13H17BrO4. The third kappa shape index (κ3) is 3.38. The molecule has 1 rings (SSSR count). The molecule has 0 atom stereocenters. The molecule has 18 heavy (non-hydrogen) atoms. The molecule has 0 unspecified atom stereocenters. The smallest absolute Gasteiger partial charge is 0.303 e. The van der Waals surface area contributed by atoms with Crippen molar-refractivity contribution < 1.29 is 19.4 Å². The Kier molecular flexibility index (Phi) is 5.47. The van der Waals surface area contributed by atoms with E-state index in [1.54, 1.807) is 14.2 Å². The van der Waals surface area contributed by atoms with Gasteiger partial charge in [-0.25, -0.2) is 0 Å². The number of rotatable bonds is 6. The molecule has 5 heteroatoms. The molecule has 0 heterocycles. The fourth-order valence-corrected chi connectivity index (χ4v) is 2.29. The van der Waals surface area contributed by atoms with Crippen LogP contribution in [0.5, 0.6) is 11.5 Å². The van der Waals surface area contributed by atoms with Crippen LogP contribution in [0.25, 0.3) is 0 Å². The average Bonchev–Trinajstić information content (AvgIpc) is 2.32. The van der Waals surface area contributed by atoms with Gasteiger partial charge in [0.15, 0.2) is 11.5 Å². The number of carboxylic acids is 1. The number of hydrogen-bond acceptors (Lipinski definition) is 3. The van der Waals surface area contributed by atoms with Crippen LogP contribution in [0.2, 0.25) is 0 Å². The van der Waals surface area contributed by atoms with E-state index in [0.717, 1.165) is 15.6 Å². The van der Waals surface area contributed by atoms with Gasteiger partial charge in [0, 0.05) is 16.5 Å². The summed E-state index contributed by atoms with van der Waals surface area (Å²) in [6.45, 7) is 1.94. The quantitative estimate of drug-likeness (QED) is 0.875. The summed E-state index contributed by atoms with van der Waals surface area (Å²) in [4.78, 5) is 10.5. The van der Waals surface area contributed by atoms with Crippen LogP contribution in [0.15, 0.2) is 10.5 Å². The van der Waals surface area contributed by atoms with Crippen molar-refractivity contribution in [3.63, 3.8) is 0 Å². The Morgan fingerprint density at radius 2 is 1.94 bits per heavy atom. The van der Waals surface area contributed by atoms with Gasteiger partial charge in [-0.3, -0.25) is 4.79 Å². The number of ether oxygens (including phenoxy) is 2. The molecule has 0 aliphatic heterocycles. The zero-order chi connectivity index (χ0) is 13.7. The Bertz CT molecular complexity index is 443. The Hall–Kier alpha value is -1.23. The summed E-state index contributed by atoms with van der Waals surface area (Å²) in [5.74, 6) is 0.591. The molecule has 0 spiro atoms. The third-order valence-corrected chi connectivity index (χ3v) is 3.57. The van der Waals surface area contributed by atoms with E-state index in [0.29, 0.717) is 24.3 Å². The van der Waals surface area contributed by atoms with Gasteiger partial charge < -0.3 is 14.6 Å². The van der Waals surface area contributed by atoms with Crippen molar-refractivity contribution in [1.82, 2.24) is 0 Å². The van der Waals surface area contributed by atoms with Crippen molar-refractivity contribution in [2.75, 3.05) is 14.2 Å². The molecule has 0 radical (unpaired) electrons. The molecule has 0 saturated carbocycles. The van der Waals surface area contributed by atoms with Gasteiger partial charge in [0.05, 0.1) is 14.2 Å². The van der Waals surface area contributed by atoms with Crippen LogP contribution in [0.3, 0.4) is 0 Å². The summed E-state index contributed by atoms with van der Waals surface area (Å²) in [6, 6.07) is 1.96. The van der Waals surface area contributed by atoms with Gasteiger partial charge >= 0.3 is 5.97 Å². The number of aliphatic carboxylic acids is 1. The molecule has 0 bridgehead atoms. The molecule has 0 aliphatic rings. The minimum absolute atomic E-state index is 0.150. The summed E-state index contributed by atoms with van der Waals surface area (Å²) in [5, 5.41) is 8.65. The summed E-state index contributed by atoms with van der Waals surface area (Å²) in [7, 11) is 3.18. The van der Waals surface area contributed by atoms with Gasteiger partial charge in [-0.2, -0.15) is 0 Å². The molecule has 1 N–H and O–H groups in total. The van der Waals surface area contributed by atoms with Gasteiger partial charge in [0.25, 0.3) is 0 Å². The van der Waals surface area contributed by atoms with Crippen molar-refractivity contribution in [3.05, 3.63) is 21.7 Å². The van der Waals surface area contributed by atoms with Gasteiger partial charge in [0.1, 0.15) is 0 Å². The normalized spacial score (nSPS) is 10.2. The molecule has 0 aromatic heterocycles. The molecular weight excluding hydrogens is 300 g/mol. The van der Waals surface area contributed by atoms with E-state index in [-0.39, 0.29) is 6.42 Å². The highest BCUT2D eigenvalue weighted by Gasteiger charge is 2.16. The highest BCUT2D eigenvalue weighted by molar-refractivity contribution is 9.10. The first kappa shape index (κ1) is 14.8. The topological polar surface area (TPSA) is 55.8 Å². The Balaban J connectivity index is 3.03. The second-order valence-electron chi connectivity index (χ2n) is 3.96. The van der Waals surface area contributed by atoms with Crippen LogP contribution in [-0.2, 0) is 11.2 Å². The Morgan fingerprint density at radius 3 is 2.44 bits per heavy atom. The van der Waals surface area contributed by atoms with Gasteiger partial charge in [-0.05, 0) is 31.4 Å².